The van der Waals surface area contributed by atoms with E-state index in [1.807, 2.05) is 71.6 Å². The highest BCUT2D eigenvalue weighted by atomic mass is 35.5. The number of aliphatic hydroxyl groups is 1. The van der Waals surface area contributed by atoms with Crippen LogP contribution in [0.1, 0.15) is 29.2 Å². The highest BCUT2D eigenvalue weighted by Gasteiger charge is 2.32. The normalized spacial score (nSPS) is 16.0. The minimum absolute atomic E-state index is 0.00662. The third kappa shape index (κ3) is 5.28. The molecule has 0 saturated carbocycles. The number of halogens is 1. The largest absolute Gasteiger partial charge is 0.489 e. The van der Waals surface area contributed by atoms with Crippen molar-refractivity contribution in [2.24, 2.45) is 0 Å². The Balaban J connectivity index is 1.36. The van der Waals surface area contributed by atoms with Crippen molar-refractivity contribution in [2.75, 3.05) is 24.5 Å². The number of nitrogens with one attached hydrogen (secondary N) is 1. The van der Waals surface area contributed by atoms with Crippen LogP contribution in [0, 0.1) is 11.3 Å². The topological polar surface area (TPSA) is 139 Å². The van der Waals surface area contributed by atoms with Gasteiger partial charge in [-0.15, -0.1) is 0 Å². The van der Waals surface area contributed by atoms with E-state index < -0.39 is 18.2 Å². The van der Waals surface area contributed by atoms with Gasteiger partial charge in [0.15, 0.2) is 5.82 Å². The van der Waals surface area contributed by atoms with Crippen LogP contribution in [0.5, 0.6) is 5.75 Å². The summed E-state index contributed by atoms with van der Waals surface area (Å²) in [5.74, 6) is 1.11. The summed E-state index contributed by atoms with van der Waals surface area (Å²) in [6.45, 7) is 1.22. The Labute approximate surface area is 246 Å². The number of piperazine rings is 1. The van der Waals surface area contributed by atoms with E-state index >= 15 is 0 Å². The zero-order chi connectivity index (χ0) is 29.2. The first kappa shape index (κ1) is 27.3. The van der Waals surface area contributed by atoms with E-state index in [0.717, 1.165) is 16.3 Å². The van der Waals surface area contributed by atoms with Gasteiger partial charge in [0.05, 0.1) is 18.5 Å². The van der Waals surface area contributed by atoms with Gasteiger partial charge in [-0.2, -0.15) is 10.2 Å². The standard InChI is InChI=1S/C31H27ClN6O4/c32-30-35-26-25(16-34-27(26)29(36-30)37-12-13-38(31(40)41)21(17-37)10-11-33)28(39)24-15-22(14-20-8-4-5-9-23(20)24)42-18-19-6-2-1-3-7-19/h1-9,14-16,21,28,34,39H,10,12-13,17-18H2,(H,40,41)/t21-,28?/m0/s1. The first-order chi connectivity index (χ1) is 20.4. The quantitative estimate of drug-likeness (QED) is 0.214. The molecule has 1 saturated heterocycles. The molecule has 1 aliphatic rings. The monoisotopic (exact) mass is 582 g/mol. The molecule has 0 radical (unpaired) electrons. The molecule has 1 aliphatic heterocycles. The number of aromatic amines is 1. The Morgan fingerprint density at radius 2 is 1.90 bits per heavy atom. The summed E-state index contributed by atoms with van der Waals surface area (Å²) in [6.07, 6.45) is -0.392. The van der Waals surface area contributed by atoms with Crippen LogP contribution in [0.4, 0.5) is 10.6 Å². The van der Waals surface area contributed by atoms with Crippen molar-refractivity contribution in [3.63, 3.8) is 0 Å². The third-order valence-electron chi connectivity index (χ3n) is 7.57. The number of anilines is 1. The van der Waals surface area contributed by atoms with E-state index in [-0.39, 0.29) is 24.8 Å². The minimum Gasteiger partial charge on any atom is -0.489 e. The Morgan fingerprint density at radius 3 is 2.69 bits per heavy atom. The SMILES string of the molecule is N#CC[C@H]1CN(c2nc(Cl)nc3c(C(O)c4cc(OCc5ccccc5)cc5ccccc45)c[nH]c23)CCN1C(=O)O. The summed E-state index contributed by atoms with van der Waals surface area (Å²) < 4.78 is 6.13. The maximum Gasteiger partial charge on any atom is 0.407 e. The van der Waals surface area contributed by atoms with Crippen molar-refractivity contribution in [1.29, 1.82) is 5.26 Å². The lowest BCUT2D eigenvalue weighted by atomic mass is 9.96. The molecule has 5 aromatic rings. The molecule has 6 rings (SSSR count). The number of hydrogen-bond acceptors (Lipinski definition) is 7. The van der Waals surface area contributed by atoms with Gasteiger partial charge in [-0.1, -0.05) is 54.6 Å². The predicted octanol–water partition coefficient (Wildman–Crippen LogP) is 5.51. The maximum atomic E-state index is 11.8. The molecule has 2 atom stereocenters. The number of H-pyrrole nitrogens is 1. The van der Waals surface area contributed by atoms with E-state index in [2.05, 4.69) is 21.0 Å². The van der Waals surface area contributed by atoms with E-state index in [1.165, 1.54) is 4.90 Å². The van der Waals surface area contributed by atoms with Gasteiger partial charge in [0.1, 0.15) is 29.5 Å². The molecule has 3 heterocycles. The average Bonchev–Trinajstić information content (AvgIpc) is 3.43. The van der Waals surface area contributed by atoms with Crippen molar-refractivity contribution >= 4 is 45.3 Å². The zero-order valence-electron chi connectivity index (χ0n) is 22.4. The van der Waals surface area contributed by atoms with E-state index in [9.17, 15) is 20.3 Å². The van der Waals surface area contributed by atoms with Crippen LogP contribution in [0.2, 0.25) is 5.28 Å². The Hall–Kier alpha value is -4.85. The molecule has 0 aliphatic carbocycles. The fourth-order valence-corrected chi connectivity index (χ4v) is 5.69. The summed E-state index contributed by atoms with van der Waals surface area (Å²) in [4.78, 5) is 27.0. The smallest absolute Gasteiger partial charge is 0.407 e. The fourth-order valence-electron chi connectivity index (χ4n) is 5.53. The van der Waals surface area contributed by atoms with E-state index in [4.69, 9.17) is 16.3 Å². The molecule has 3 aromatic carbocycles. The lowest BCUT2D eigenvalue weighted by Gasteiger charge is -2.39. The molecule has 3 N–H and O–H groups in total. The molecule has 0 spiro atoms. The number of hydrogen-bond donors (Lipinski definition) is 3. The first-order valence-electron chi connectivity index (χ1n) is 13.5. The van der Waals surface area contributed by atoms with Crippen molar-refractivity contribution in [1.82, 2.24) is 19.9 Å². The Morgan fingerprint density at radius 1 is 1.12 bits per heavy atom. The van der Waals surface area contributed by atoms with Crippen LogP contribution in [0.25, 0.3) is 21.8 Å². The number of nitriles is 1. The number of carbonyl (C=O) groups is 1. The molecule has 2 aromatic heterocycles. The van der Waals surface area contributed by atoms with Gasteiger partial charge in [-0.05, 0) is 45.6 Å². The number of carboxylic acid groups (broad SMARTS) is 1. The zero-order valence-corrected chi connectivity index (χ0v) is 23.2. The van der Waals surface area contributed by atoms with Gasteiger partial charge in [0.2, 0.25) is 5.28 Å². The number of nitrogens with zero attached hydrogens (tertiary/aromatic N) is 5. The van der Waals surface area contributed by atoms with Crippen molar-refractivity contribution < 1.29 is 19.7 Å². The molecule has 0 bridgehead atoms. The van der Waals surface area contributed by atoms with Crippen LogP contribution >= 0.6 is 11.6 Å². The highest BCUT2D eigenvalue weighted by Crippen LogP contribution is 2.37. The molecule has 212 valence electrons. The number of benzene rings is 3. The predicted molar refractivity (Wildman–Crippen MR) is 159 cm³/mol. The molecule has 1 unspecified atom stereocenters. The van der Waals surface area contributed by atoms with Crippen molar-refractivity contribution in [3.05, 3.63) is 94.9 Å². The highest BCUT2D eigenvalue weighted by molar-refractivity contribution is 6.28. The van der Waals surface area contributed by atoms with Gasteiger partial charge >= 0.3 is 6.09 Å². The van der Waals surface area contributed by atoms with Gasteiger partial charge in [0, 0.05) is 31.4 Å². The first-order valence-corrected chi connectivity index (χ1v) is 13.8. The molecule has 1 amide bonds. The van der Waals surface area contributed by atoms with Crippen LogP contribution < -0.4 is 9.64 Å². The number of amides is 1. The lowest BCUT2D eigenvalue weighted by molar-refractivity contribution is 0.119. The summed E-state index contributed by atoms with van der Waals surface area (Å²) in [7, 11) is 0. The van der Waals surface area contributed by atoms with Crippen LogP contribution in [-0.4, -0.2) is 61.8 Å². The number of fused-ring (bicyclic) bond motifs is 2. The van der Waals surface area contributed by atoms with E-state index in [0.29, 0.717) is 46.9 Å². The fraction of sp³-hybridized carbons (Fsp3) is 0.226. The summed E-state index contributed by atoms with van der Waals surface area (Å²) in [5.41, 5.74) is 3.21. The number of aliphatic hydroxyl groups excluding tert-OH is 1. The summed E-state index contributed by atoms with van der Waals surface area (Å²) in [6, 6.07) is 23.0. The number of aromatic nitrogens is 3. The second-order valence-electron chi connectivity index (χ2n) is 10.1. The average molecular weight is 583 g/mol. The van der Waals surface area contributed by atoms with E-state index in [1.54, 1.807) is 6.20 Å². The Bertz CT molecular complexity index is 1800. The Kier molecular flexibility index (Phi) is 7.52. The van der Waals surface area contributed by atoms with Gasteiger partial charge < -0.3 is 29.7 Å². The molecule has 11 heteroatoms. The van der Waals surface area contributed by atoms with Gasteiger partial charge in [-0.3, -0.25) is 0 Å². The van der Waals surface area contributed by atoms with Crippen molar-refractivity contribution in [3.8, 4) is 11.8 Å². The number of rotatable bonds is 7. The summed E-state index contributed by atoms with van der Waals surface area (Å²) in [5, 5.41) is 32.4. The third-order valence-corrected chi connectivity index (χ3v) is 7.74. The van der Waals surface area contributed by atoms with Crippen LogP contribution in [-0.2, 0) is 6.61 Å². The minimum atomic E-state index is -1.07. The molecule has 42 heavy (non-hydrogen) atoms. The molecule has 10 nitrogen and oxygen atoms in total. The van der Waals surface area contributed by atoms with Crippen molar-refractivity contribution in [2.45, 2.75) is 25.2 Å². The van der Waals surface area contributed by atoms with Gasteiger partial charge in [0.25, 0.3) is 0 Å². The molecular weight excluding hydrogens is 556 g/mol. The second kappa shape index (κ2) is 11.6. The van der Waals surface area contributed by atoms with Crippen LogP contribution in [0.3, 0.4) is 0 Å². The summed E-state index contributed by atoms with van der Waals surface area (Å²) >= 11 is 6.40. The van der Waals surface area contributed by atoms with Crippen LogP contribution in [0.15, 0.2) is 72.9 Å². The van der Waals surface area contributed by atoms with Gasteiger partial charge in [-0.25, -0.2) is 9.78 Å². The molecular formula is C31H27ClN6O4. The second-order valence-corrected chi connectivity index (χ2v) is 10.5. The number of ether oxygens (including phenoxy) is 1. The maximum absolute atomic E-state index is 11.8. The molecule has 1 fully saturated rings. The lowest BCUT2D eigenvalue weighted by Crippen LogP contribution is -2.55.